The van der Waals surface area contributed by atoms with E-state index in [0.717, 1.165) is 17.4 Å². The molecule has 2 aromatic rings. The maximum Gasteiger partial charge on any atom is 0.434 e. The number of thiazole rings is 1. The van der Waals surface area contributed by atoms with Crippen LogP contribution in [0.2, 0.25) is 0 Å². The largest absolute Gasteiger partial charge is 0.508 e. The molecule has 1 heterocycles. The second-order valence-electron chi connectivity index (χ2n) is 4.23. The van der Waals surface area contributed by atoms with Gasteiger partial charge < -0.3 is 10.4 Å². The number of rotatable bonds is 4. The second kappa shape index (κ2) is 5.98. The Balaban J connectivity index is 2.47. The number of phenolic OH excluding ortho intramolecular Hbond substituents is 1. The molecule has 2 rings (SSSR count). The van der Waals surface area contributed by atoms with Crippen LogP contribution in [0, 0.1) is 5.82 Å². The molecular formula is C13H12F4N2OS. The van der Waals surface area contributed by atoms with Gasteiger partial charge in [0.15, 0.2) is 5.69 Å². The normalized spacial score (nSPS) is 11.9. The van der Waals surface area contributed by atoms with Crippen LogP contribution >= 0.6 is 11.3 Å². The summed E-state index contributed by atoms with van der Waals surface area (Å²) in [4.78, 5) is 3.53. The highest BCUT2D eigenvalue weighted by Crippen LogP contribution is 2.38. The lowest BCUT2D eigenvalue weighted by atomic mass is 10.2. The summed E-state index contributed by atoms with van der Waals surface area (Å²) in [6.07, 6.45) is -4.59. The Hall–Kier alpha value is -1.67. The molecule has 0 saturated heterocycles. The summed E-state index contributed by atoms with van der Waals surface area (Å²) >= 11 is 0.784. The van der Waals surface area contributed by atoms with E-state index in [1.54, 1.807) is 6.92 Å². The summed E-state index contributed by atoms with van der Waals surface area (Å²) in [5, 5.41) is 11.9. The summed E-state index contributed by atoms with van der Waals surface area (Å²) in [5.74, 6) is -1.11. The molecule has 0 aliphatic heterocycles. The van der Waals surface area contributed by atoms with E-state index in [4.69, 9.17) is 5.11 Å². The van der Waals surface area contributed by atoms with E-state index in [1.807, 2.05) is 0 Å². The van der Waals surface area contributed by atoms with Crippen molar-refractivity contribution >= 4 is 11.3 Å². The Kier molecular flexibility index (Phi) is 4.48. The molecule has 3 nitrogen and oxygen atoms in total. The van der Waals surface area contributed by atoms with Crippen LogP contribution in [0.3, 0.4) is 0 Å². The van der Waals surface area contributed by atoms with E-state index in [0.29, 0.717) is 6.54 Å². The fraction of sp³-hybridized carbons (Fsp3) is 0.308. The first-order valence-corrected chi connectivity index (χ1v) is 6.91. The van der Waals surface area contributed by atoms with Gasteiger partial charge >= 0.3 is 6.18 Å². The Morgan fingerprint density at radius 2 is 2.05 bits per heavy atom. The van der Waals surface area contributed by atoms with Crippen molar-refractivity contribution in [3.05, 3.63) is 34.6 Å². The Labute approximate surface area is 122 Å². The first kappa shape index (κ1) is 15.7. The highest BCUT2D eigenvalue weighted by molar-refractivity contribution is 7.15. The van der Waals surface area contributed by atoms with Crippen LogP contribution in [0.4, 0.5) is 17.6 Å². The fourth-order valence-electron chi connectivity index (χ4n) is 1.72. The van der Waals surface area contributed by atoms with E-state index in [-0.39, 0.29) is 27.7 Å². The van der Waals surface area contributed by atoms with Gasteiger partial charge in [0.2, 0.25) is 0 Å². The Morgan fingerprint density at radius 1 is 1.33 bits per heavy atom. The van der Waals surface area contributed by atoms with Crippen LogP contribution in [-0.2, 0) is 12.7 Å². The topological polar surface area (TPSA) is 45.1 Å². The van der Waals surface area contributed by atoms with Crippen LogP contribution in [-0.4, -0.2) is 16.6 Å². The minimum atomic E-state index is -4.59. The second-order valence-corrected chi connectivity index (χ2v) is 5.32. The van der Waals surface area contributed by atoms with Crippen molar-refractivity contribution in [3.63, 3.8) is 0 Å². The Bertz CT molecular complexity index is 640. The SMILES string of the molecule is CCNCc1sc(-c2ccc(O)cc2F)nc1C(F)(F)F. The molecule has 114 valence electrons. The predicted molar refractivity (Wildman–Crippen MR) is 71.6 cm³/mol. The van der Waals surface area contributed by atoms with Crippen molar-refractivity contribution in [1.29, 1.82) is 0 Å². The van der Waals surface area contributed by atoms with Crippen molar-refractivity contribution in [1.82, 2.24) is 10.3 Å². The van der Waals surface area contributed by atoms with Gasteiger partial charge in [0.1, 0.15) is 16.6 Å². The monoisotopic (exact) mass is 320 g/mol. The van der Waals surface area contributed by atoms with Gasteiger partial charge in [0.05, 0.1) is 4.88 Å². The maximum absolute atomic E-state index is 13.7. The average molecular weight is 320 g/mol. The number of nitrogens with zero attached hydrogens (tertiary/aromatic N) is 1. The summed E-state index contributed by atoms with van der Waals surface area (Å²) in [6, 6.07) is 3.26. The maximum atomic E-state index is 13.7. The van der Waals surface area contributed by atoms with E-state index >= 15 is 0 Å². The molecule has 0 aliphatic rings. The van der Waals surface area contributed by atoms with E-state index in [9.17, 15) is 17.6 Å². The molecule has 1 aromatic carbocycles. The molecule has 8 heteroatoms. The molecule has 0 unspecified atom stereocenters. The van der Waals surface area contributed by atoms with Crippen LogP contribution in [0.15, 0.2) is 18.2 Å². The number of halogens is 4. The van der Waals surface area contributed by atoms with Crippen LogP contribution in [0.1, 0.15) is 17.5 Å². The molecule has 0 radical (unpaired) electrons. The molecule has 0 bridgehead atoms. The van der Waals surface area contributed by atoms with Crippen LogP contribution < -0.4 is 5.32 Å². The molecule has 2 N–H and O–H groups in total. The first-order chi connectivity index (χ1) is 9.82. The summed E-state index contributed by atoms with van der Waals surface area (Å²) in [6.45, 7) is 2.30. The Morgan fingerprint density at radius 3 is 2.62 bits per heavy atom. The van der Waals surface area contributed by atoms with E-state index in [2.05, 4.69) is 10.3 Å². The van der Waals surface area contributed by atoms with Gasteiger partial charge in [-0.1, -0.05) is 6.92 Å². The van der Waals surface area contributed by atoms with Gasteiger partial charge in [-0.05, 0) is 18.7 Å². The number of hydrogen-bond acceptors (Lipinski definition) is 4. The van der Waals surface area contributed by atoms with Crippen molar-refractivity contribution < 1.29 is 22.7 Å². The lowest BCUT2D eigenvalue weighted by Crippen LogP contribution is -2.15. The third kappa shape index (κ3) is 3.51. The van der Waals surface area contributed by atoms with Crippen LogP contribution in [0.5, 0.6) is 5.75 Å². The highest BCUT2D eigenvalue weighted by Gasteiger charge is 2.37. The third-order valence-corrected chi connectivity index (χ3v) is 3.77. The van der Waals surface area contributed by atoms with Gasteiger partial charge in [-0.15, -0.1) is 11.3 Å². The molecular weight excluding hydrogens is 308 g/mol. The number of aromatic hydroxyl groups is 1. The lowest BCUT2D eigenvalue weighted by molar-refractivity contribution is -0.141. The number of aromatic nitrogens is 1. The minimum Gasteiger partial charge on any atom is -0.508 e. The van der Waals surface area contributed by atoms with Gasteiger partial charge in [-0.2, -0.15) is 13.2 Å². The van der Waals surface area contributed by atoms with Crippen molar-refractivity contribution in [2.24, 2.45) is 0 Å². The molecule has 0 spiro atoms. The first-order valence-electron chi connectivity index (χ1n) is 6.09. The number of nitrogens with one attached hydrogen (secondary N) is 1. The molecule has 0 aliphatic carbocycles. The zero-order valence-corrected chi connectivity index (χ0v) is 11.8. The minimum absolute atomic E-state index is 0.00632. The van der Waals surface area contributed by atoms with E-state index < -0.39 is 17.7 Å². The fourth-order valence-corrected chi connectivity index (χ4v) is 2.80. The summed E-state index contributed by atoms with van der Waals surface area (Å²) < 4.78 is 52.6. The third-order valence-electron chi connectivity index (χ3n) is 2.68. The average Bonchev–Trinajstić information content (AvgIpc) is 2.80. The molecule has 0 fully saturated rings. The zero-order chi connectivity index (χ0) is 15.6. The van der Waals surface area contributed by atoms with Gasteiger partial charge in [0, 0.05) is 18.2 Å². The number of alkyl halides is 3. The number of hydrogen-bond donors (Lipinski definition) is 2. The quantitative estimate of drug-likeness (QED) is 0.843. The summed E-state index contributed by atoms with van der Waals surface area (Å²) in [5.41, 5.74) is -1.07. The number of benzene rings is 1. The molecule has 0 saturated carbocycles. The standard InChI is InChI=1S/C13H12F4N2OS/c1-2-18-6-10-11(13(15,16)17)19-12(21-10)8-4-3-7(20)5-9(8)14/h3-5,18,20H,2,6H2,1H3. The molecule has 1 aromatic heterocycles. The van der Waals surface area contributed by atoms with Gasteiger partial charge in [-0.25, -0.2) is 9.37 Å². The predicted octanol–water partition coefficient (Wildman–Crippen LogP) is 3.78. The zero-order valence-electron chi connectivity index (χ0n) is 11.0. The molecule has 0 amide bonds. The lowest BCUT2D eigenvalue weighted by Gasteiger charge is -2.05. The smallest absolute Gasteiger partial charge is 0.434 e. The highest BCUT2D eigenvalue weighted by atomic mass is 32.1. The van der Waals surface area contributed by atoms with Gasteiger partial charge in [-0.3, -0.25) is 0 Å². The van der Waals surface area contributed by atoms with Crippen molar-refractivity contribution in [2.45, 2.75) is 19.6 Å². The van der Waals surface area contributed by atoms with Crippen LogP contribution in [0.25, 0.3) is 10.6 Å². The molecule has 0 atom stereocenters. The van der Waals surface area contributed by atoms with Crippen molar-refractivity contribution in [2.75, 3.05) is 6.54 Å². The van der Waals surface area contributed by atoms with E-state index in [1.165, 1.54) is 12.1 Å². The van der Waals surface area contributed by atoms with Gasteiger partial charge in [0.25, 0.3) is 0 Å². The molecule has 21 heavy (non-hydrogen) atoms. The number of phenols is 1. The summed E-state index contributed by atoms with van der Waals surface area (Å²) in [7, 11) is 0. The van der Waals surface area contributed by atoms with Crippen molar-refractivity contribution in [3.8, 4) is 16.3 Å².